The first-order valence-electron chi connectivity index (χ1n) is 6.65. The minimum absolute atomic E-state index is 0.0122. The van der Waals surface area contributed by atoms with E-state index in [1.54, 1.807) is 24.3 Å². The molecule has 1 aliphatic carbocycles. The fraction of sp³-hybridized carbons (Fsp3) is 0.500. The Morgan fingerprint density at radius 1 is 1.45 bits per heavy atom. The molecule has 6 heteroatoms. The Labute approximate surface area is 119 Å². The van der Waals surface area contributed by atoms with Crippen molar-refractivity contribution in [3.05, 3.63) is 35.4 Å². The van der Waals surface area contributed by atoms with Crippen LogP contribution in [0.1, 0.15) is 28.8 Å². The van der Waals surface area contributed by atoms with Gasteiger partial charge in [-0.15, -0.1) is 0 Å². The number of nitrogens with two attached hydrogens (primary N) is 1. The Kier molecular flexibility index (Phi) is 4.45. The summed E-state index contributed by atoms with van der Waals surface area (Å²) < 4.78 is 22.5. The van der Waals surface area contributed by atoms with E-state index in [0.29, 0.717) is 23.6 Å². The van der Waals surface area contributed by atoms with Crippen molar-refractivity contribution in [1.29, 1.82) is 0 Å². The van der Waals surface area contributed by atoms with Crippen molar-refractivity contribution in [2.45, 2.75) is 24.6 Å². The number of benzene rings is 1. The molecule has 0 radical (unpaired) electrons. The molecular weight excluding hydrogens is 276 g/mol. The van der Waals surface area contributed by atoms with Crippen LogP contribution in [0, 0.1) is 5.92 Å². The molecule has 1 saturated carbocycles. The molecular formula is C14H20N2O3S. The van der Waals surface area contributed by atoms with E-state index in [1.165, 1.54) is 6.26 Å². The number of nitrogens with one attached hydrogen (secondary N) is 1. The lowest BCUT2D eigenvalue weighted by Crippen LogP contribution is -2.38. The third kappa shape index (κ3) is 4.61. The molecule has 0 aromatic heterocycles. The highest BCUT2D eigenvalue weighted by molar-refractivity contribution is 7.89. The molecule has 1 aliphatic rings. The summed E-state index contributed by atoms with van der Waals surface area (Å²) in [5, 5.41) is 2.80. The van der Waals surface area contributed by atoms with Crippen molar-refractivity contribution in [2.75, 3.05) is 12.8 Å². The smallest absolute Gasteiger partial charge is 0.251 e. The Morgan fingerprint density at radius 3 is 2.75 bits per heavy atom. The highest BCUT2D eigenvalue weighted by Crippen LogP contribution is 2.31. The normalized spacial score (nSPS) is 16.7. The molecule has 2 rings (SSSR count). The molecule has 1 fully saturated rings. The van der Waals surface area contributed by atoms with Crippen LogP contribution in [-0.2, 0) is 15.6 Å². The molecule has 1 aromatic carbocycles. The number of rotatable bonds is 6. The molecule has 0 bridgehead atoms. The molecule has 3 N–H and O–H groups in total. The number of hydrogen-bond acceptors (Lipinski definition) is 4. The maximum absolute atomic E-state index is 12.0. The largest absolute Gasteiger partial charge is 0.350 e. The van der Waals surface area contributed by atoms with Gasteiger partial charge in [0, 0.05) is 24.4 Å². The Hall–Kier alpha value is -1.40. The summed E-state index contributed by atoms with van der Waals surface area (Å²) in [5.41, 5.74) is 7.01. The number of sulfone groups is 1. The van der Waals surface area contributed by atoms with Crippen LogP contribution in [0.15, 0.2) is 24.3 Å². The maximum atomic E-state index is 12.0. The van der Waals surface area contributed by atoms with Gasteiger partial charge in [-0.25, -0.2) is 8.42 Å². The van der Waals surface area contributed by atoms with Crippen molar-refractivity contribution in [2.24, 2.45) is 11.7 Å². The van der Waals surface area contributed by atoms with Gasteiger partial charge in [0.25, 0.3) is 5.91 Å². The molecule has 1 unspecified atom stereocenters. The quantitative estimate of drug-likeness (QED) is 0.808. The minimum atomic E-state index is -3.10. The molecule has 110 valence electrons. The molecule has 0 aliphatic heterocycles. The van der Waals surface area contributed by atoms with E-state index in [1.807, 2.05) is 0 Å². The zero-order valence-corrected chi connectivity index (χ0v) is 12.3. The molecule has 1 atom stereocenters. The Morgan fingerprint density at radius 2 is 2.15 bits per heavy atom. The molecule has 0 spiro atoms. The summed E-state index contributed by atoms with van der Waals surface area (Å²) >= 11 is 0. The van der Waals surface area contributed by atoms with E-state index < -0.39 is 9.84 Å². The third-order valence-corrected chi connectivity index (χ3v) is 4.20. The van der Waals surface area contributed by atoms with Crippen LogP contribution in [-0.4, -0.2) is 33.2 Å². The molecule has 20 heavy (non-hydrogen) atoms. The van der Waals surface area contributed by atoms with Gasteiger partial charge >= 0.3 is 0 Å². The lowest BCUT2D eigenvalue weighted by Gasteiger charge is -2.12. The van der Waals surface area contributed by atoms with E-state index in [4.69, 9.17) is 5.73 Å². The molecule has 0 saturated heterocycles. The maximum Gasteiger partial charge on any atom is 0.251 e. The zero-order chi connectivity index (χ0) is 14.8. The van der Waals surface area contributed by atoms with Gasteiger partial charge in [0.05, 0.1) is 5.75 Å². The van der Waals surface area contributed by atoms with Crippen LogP contribution in [0.2, 0.25) is 0 Å². The van der Waals surface area contributed by atoms with Crippen LogP contribution in [0.25, 0.3) is 0 Å². The van der Waals surface area contributed by atoms with Gasteiger partial charge in [-0.3, -0.25) is 4.79 Å². The summed E-state index contributed by atoms with van der Waals surface area (Å²) in [6.07, 6.45) is 3.45. The van der Waals surface area contributed by atoms with Gasteiger partial charge < -0.3 is 11.1 Å². The Balaban J connectivity index is 1.96. The van der Waals surface area contributed by atoms with Gasteiger partial charge in [-0.2, -0.15) is 0 Å². The fourth-order valence-electron chi connectivity index (χ4n) is 2.11. The standard InChI is InChI=1S/C14H20N2O3S/c1-20(18,19)9-10-3-2-4-12(7-10)14(17)16-8-13(15)11-5-6-11/h2-4,7,11,13H,5-6,8-9,15H2,1H3,(H,16,17). The summed E-state index contributed by atoms with van der Waals surface area (Å²) in [7, 11) is -3.10. The minimum Gasteiger partial charge on any atom is -0.350 e. The summed E-state index contributed by atoms with van der Waals surface area (Å²) in [4.78, 5) is 12.0. The first kappa shape index (κ1) is 15.0. The molecule has 1 aromatic rings. The van der Waals surface area contributed by atoms with Gasteiger partial charge in [0.1, 0.15) is 0 Å². The average Bonchev–Trinajstić information content (AvgIpc) is 3.18. The lowest BCUT2D eigenvalue weighted by atomic mass is 10.1. The molecule has 0 heterocycles. The highest BCUT2D eigenvalue weighted by atomic mass is 32.2. The van der Waals surface area contributed by atoms with Gasteiger partial charge in [0.15, 0.2) is 9.84 Å². The van der Waals surface area contributed by atoms with Crippen molar-refractivity contribution < 1.29 is 13.2 Å². The van der Waals surface area contributed by atoms with Crippen molar-refractivity contribution in [1.82, 2.24) is 5.32 Å². The van der Waals surface area contributed by atoms with Gasteiger partial charge in [-0.1, -0.05) is 12.1 Å². The second-order valence-electron chi connectivity index (χ2n) is 5.48. The predicted molar refractivity (Wildman–Crippen MR) is 78.0 cm³/mol. The van der Waals surface area contributed by atoms with E-state index >= 15 is 0 Å². The second kappa shape index (κ2) is 5.93. The van der Waals surface area contributed by atoms with Gasteiger partial charge in [0.2, 0.25) is 0 Å². The van der Waals surface area contributed by atoms with Crippen molar-refractivity contribution >= 4 is 15.7 Å². The summed E-state index contributed by atoms with van der Waals surface area (Å²) in [5.74, 6) is 0.263. The van der Waals surface area contributed by atoms with E-state index in [-0.39, 0.29) is 17.7 Å². The van der Waals surface area contributed by atoms with Gasteiger partial charge in [-0.05, 0) is 36.5 Å². The monoisotopic (exact) mass is 296 g/mol. The first-order valence-corrected chi connectivity index (χ1v) is 8.71. The van der Waals surface area contributed by atoms with Crippen LogP contribution in [0.4, 0.5) is 0 Å². The van der Waals surface area contributed by atoms with Crippen molar-refractivity contribution in [3.8, 4) is 0 Å². The second-order valence-corrected chi connectivity index (χ2v) is 7.62. The topological polar surface area (TPSA) is 89.3 Å². The summed E-state index contributed by atoms with van der Waals surface area (Å²) in [6, 6.07) is 6.69. The van der Waals surface area contributed by atoms with Crippen molar-refractivity contribution in [3.63, 3.8) is 0 Å². The zero-order valence-electron chi connectivity index (χ0n) is 11.5. The average molecular weight is 296 g/mol. The third-order valence-electron chi connectivity index (χ3n) is 3.34. The molecule has 1 amide bonds. The first-order chi connectivity index (χ1) is 9.35. The van der Waals surface area contributed by atoms with Crippen LogP contribution in [0.3, 0.4) is 0 Å². The summed E-state index contributed by atoms with van der Waals surface area (Å²) in [6.45, 7) is 0.458. The SMILES string of the molecule is CS(=O)(=O)Cc1cccc(C(=O)NCC(N)C2CC2)c1. The van der Waals surface area contributed by atoms with Crippen LogP contribution >= 0.6 is 0 Å². The number of carbonyl (C=O) groups excluding carboxylic acids is 1. The van der Waals surface area contributed by atoms with E-state index in [0.717, 1.165) is 12.8 Å². The fourth-order valence-corrected chi connectivity index (χ4v) is 2.89. The number of amides is 1. The lowest BCUT2D eigenvalue weighted by molar-refractivity contribution is 0.0950. The van der Waals surface area contributed by atoms with E-state index in [2.05, 4.69) is 5.32 Å². The number of carbonyl (C=O) groups is 1. The van der Waals surface area contributed by atoms with E-state index in [9.17, 15) is 13.2 Å². The Bertz CT molecular complexity index is 594. The predicted octanol–water partition coefficient (Wildman–Crippen LogP) is 0.698. The highest BCUT2D eigenvalue weighted by Gasteiger charge is 2.28. The van der Waals surface area contributed by atoms with Crippen LogP contribution in [0.5, 0.6) is 0 Å². The van der Waals surface area contributed by atoms with Crippen LogP contribution < -0.4 is 11.1 Å². The molecule has 5 nitrogen and oxygen atoms in total. The number of hydrogen-bond donors (Lipinski definition) is 2.